The average molecular weight is 278 g/mol. The van der Waals surface area contributed by atoms with E-state index in [1.807, 2.05) is 13.8 Å². The Morgan fingerprint density at radius 3 is 2.71 bits per heavy atom. The van der Waals surface area contributed by atoms with Gasteiger partial charge in [0.1, 0.15) is 0 Å². The number of nitrogens with zero attached hydrogens (tertiary/aromatic N) is 1. The van der Waals surface area contributed by atoms with Crippen molar-refractivity contribution in [1.29, 1.82) is 0 Å². The van der Waals surface area contributed by atoms with Crippen molar-refractivity contribution in [1.82, 2.24) is 4.98 Å². The predicted molar refractivity (Wildman–Crippen MR) is 75.0 cm³/mol. The minimum Gasteiger partial charge on any atom is -0.328 e. The molecule has 1 amide bonds. The zero-order valence-electron chi connectivity index (χ0n) is 10.4. The van der Waals surface area contributed by atoms with E-state index >= 15 is 0 Å². The number of rotatable bonds is 5. The van der Waals surface area contributed by atoms with Gasteiger partial charge < -0.3 is 11.1 Å². The lowest BCUT2D eigenvalue weighted by Gasteiger charge is -2.03. The highest BCUT2D eigenvalue weighted by Crippen LogP contribution is 2.22. The molecule has 0 aliphatic rings. The van der Waals surface area contributed by atoms with E-state index < -0.39 is 0 Å². The summed E-state index contributed by atoms with van der Waals surface area (Å²) in [5.74, 6) is -0.00583. The molecule has 0 bridgehead atoms. The maximum absolute atomic E-state index is 11.5. The lowest BCUT2D eigenvalue weighted by atomic mass is 10.2. The van der Waals surface area contributed by atoms with Gasteiger partial charge in [0.15, 0.2) is 5.13 Å². The van der Waals surface area contributed by atoms with Gasteiger partial charge in [0.2, 0.25) is 5.91 Å². The summed E-state index contributed by atoms with van der Waals surface area (Å²) in [5, 5.41) is 3.50. The molecule has 0 radical (unpaired) electrons. The number of anilines is 1. The molecule has 1 atom stereocenters. The molecule has 1 rings (SSSR count). The lowest BCUT2D eigenvalue weighted by molar-refractivity contribution is -0.116. The number of thiazole rings is 1. The summed E-state index contributed by atoms with van der Waals surface area (Å²) in [6.07, 6.45) is 2.06. The second kappa shape index (κ2) is 7.63. The van der Waals surface area contributed by atoms with Gasteiger partial charge in [0.25, 0.3) is 0 Å². The highest BCUT2D eigenvalue weighted by molar-refractivity contribution is 7.15. The zero-order chi connectivity index (χ0) is 12.1. The molecule has 0 saturated heterocycles. The second-order valence-electron chi connectivity index (χ2n) is 3.94. The number of carbonyl (C=O) groups is 1. The molecule has 0 aliphatic heterocycles. The monoisotopic (exact) mass is 277 g/mol. The van der Waals surface area contributed by atoms with Crippen LogP contribution in [0.1, 0.15) is 37.3 Å². The number of hydrogen-bond donors (Lipinski definition) is 2. The number of carbonyl (C=O) groups excluding carboxylic acids is 1. The summed E-state index contributed by atoms with van der Waals surface area (Å²) in [4.78, 5) is 17.0. The first-order valence-corrected chi connectivity index (χ1v) is 6.36. The Morgan fingerprint density at radius 2 is 2.24 bits per heavy atom. The Balaban J connectivity index is 0.00000256. The lowest BCUT2D eigenvalue weighted by Crippen LogP contribution is -2.19. The Kier molecular flexibility index (Phi) is 7.34. The van der Waals surface area contributed by atoms with Crippen LogP contribution in [0.25, 0.3) is 0 Å². The van der Waals surface area contributed by atoms with Crippen molar-refractivity contribution in [2.24, 2.45) is 5.73 Å². The molecule has 0 saturated carbocycles. The standard InChI is InChI=1S/C11H19N3OS.ClH/c1-4-9-8(3)16-11(13-9)14-10(15)6-5-7(2)12;/h7H,4-6,12H2,1-3H3,(H,13,14,15);1H. The Hall–Kier alpha value is -0.650. The Morgan fingerprint density at radius 1 is 1.59 bits per heavy atom. The SMILES string of the molecule is CCc1nc(NC(=O)CCC(C)N)sc1C.Cl. The summed E-state index contributed by atoms with van der Waals surface area (Å²) in [6.45, 7) is 5.98. The van der Waals surface area contributed by atoms with Gasteiger partial charge in [-0.15, -0.1) is 23.7 Å². The van der Waals surface area contributed by atoms with E-state index in [9.17, 15) is 4.79 Å². The van der Waals surface area contributed by atoms with Crippen molar-refractivity contribution in [2.75, 3.05) is 5.32 Å². The van der Waals surface area contributed by atoms with Crippen molar-refractivity contribution >= 4 is 34.8 Å². The third-order valence-corrected chi connectivity index (χ3v) is 3.23. The molecule has 0 fully saturated rings. The molecular formula is C11H20ClN3OS. The van der Waals surface area contributed by atoms with Crippen LogP contribution in [0, 0.1) is 6.92 Å². The highest BCUT2D eigenvalue weighted by Gasteiger charge is 2.09. The van der Waals surface area contributed by atoms with Gasteiger partial charge in [0.05, 0.1) is 5.69 Å². The molecule has 6 heteroatoms. The molecule has 1 aromatic heterocycles. The largest absolute Gasteiger partial charge is 0.328 e. The van der Waals surface area contributed by atoms with Crippen molar-refractivity contribution in [3.05, 3.63) is 10.6 Å². The third-order valence-electron chi connectivity index (χ3n) is 2.30. The van der Waals surface area contributed by atoms with Crippen LogP contribution in [0.5, 0.6) is 0 Å². The van der Waals surface area contributed by atoms with Gasteiger partial charge in [-0.2, -0.15) is 0 Å². The van der Waals surface area contributed by atoms with Crippen LogP contribution in [-0.4, -0.2) is 16.9 Å². The minimum atomic E-state index is -0.00583. The van der Waals surface area contributed by atoms with E-state index in [4.69, 9.17) is 5.73 Å². The number of amides is 1. The summed E-state index contributed by atoms with van der Waals surface area (Å²) < 4.78 is 0. The van der Waals surface area contributed by atoms with E-state index in [0.717, 1.165) is 12.1 Å². The molecule has 4 nitrogen and oxygen atoms in total. The quantitative estimate of drug-likeness (QED) is 0.869. The molecule has 1 unspecified atom stereocenters. The summed E-state index contributed by atoms with van der Waals surface area (Å²) >= 11 is 1.53. The molecule has 0 aromatic carbocycles. The fourth-order valence-corrected chi connectivity index (χ4v) is 2.27. The van der Waals surface area contributed by atoms with Crippen LogP contribution in [0.3, 0.4) is 0 Å². The fraction of sp³-hybridized carbons (Fsp3) is 0.636. The molecule has 0 spiro atoms. The number of nitrogens with two attached hydrogens (primary N) is 1. The van der Waals surface area contributed by atoms with Crippen molar-refractivity contribution in [3.63, 3.8) is 0 Å². The van der Waals surface area contributed by atoms with Gasteiger partial charge in [-0.25, -0.2) is 4.98 Å². The van der Waals surface area contributed by atoms with Gasteiger partial charge >= 0.3 is 0 Å². The Labute approximate surface area is 112 Å². The van der Waals surface area contributed by atoms with Crippen LogP contribution in [-0.2, 0) is 11.2 Å². The van der Waals surface area contributed by atoms with E-state index in [1.54, 1.807) is 0 Å². The second-order valence-corrected chi connectivity index (χ2v) is 5.14. The van der Waals surface area contributed by atoms with Crippen molar-refractivity contribution in [3.8, 4) is 0 Å². The molecule has 3 N–H and O–H groups in total. The van der Waals surface area contributed by atoms with Crippen LogP contribution >= 0.6 is 23.7 Å². The highest BCUT2D eigenvalue weighted by atomic mass is 35.5. The summed E-state index contributed by atoms with van der Waals surface area (Å²) in [5.41, 5.74) is 6.65. The number of aryl methyl sites for hydroxylation is 2. The molecular weight excluding hydrogens is 258 g/mol. The molecule has 0 aliphatic carbocycles. The number of hydrogen-bond acceptors (Lipinski definition) is 4. The Bertz CT molecular complexity index is 366. The fourth-order valence-electron chi connectivity index (χ4n) is 1.35. The average Bonchev–Trinajstić information content (AvgIpc) is 2.55. The summed E-state index contributed by atoms with van der Waals surface area (Å²) in [7, 11) is 0. The predicted octanol–water partition coefficient (Wildman–Crippen LogP) is 2.50. The van der Waals surface area contributed by atoms with Gasteiger partial charge in [-0.05, 0) is 26.7 Å². The maximum Gasteiger partial charge on any atom is 0.226 e. The van der Waals surface area contributed by atoms with Gasteiger partial charge in [0, 0.05) is 17.3 Å². The molecule has 98 valence electrons. The normalized spacial score (nSPS) is 11.8. The maximum atomic E-state index is 11.5. The van der Waals surface area contributed by atoms with E-state index in [0.29, 0.717) is 18.0 Å². The van der Waals surface area contributed by atoms with E-state index in [1.165, 1.54) is 16.2 Å². The van der Waals surface area contributed by atoms with Crippen molar-refractivity contribution in [2.45, 2.75) is 46.1 Å². The smallest absolute Gasteiger partial charge is 0.226 e. The zero-order valence-corrected chi connectivity index (χ0v) is 12.1. The van der Waals surface area contributed by atoms with Crippen molar-refractivity contribution < 1.29 is 4.79 Å². The third kappa shape index (κ3) is 5.48. The first-order chi connectivity index (χ1) is 7.52. The first kappa shape index (κ1) is 16.4. The molecule has 17 heavy (non-hydrogen) atoms. The van der Waals surface area contributed by atoms with E-state index in [2.05, 4.69) is 17.2 Å². The topological polar surface area (TPSA) is 68.0 Å². The van der Waals surface area contributed by atoms with Gasteiger partial charge in [-0.3, -0.25) is 4.79 Å². The first-order valence-electron chi connectivity index (χ1n) is 5.54. The number of halogens is 1. The van der Waals surface area contributed by atoms with Gasteiger partial charge in [-0.1, -0.05) is 6.92 Å². The number of nitrogens with one attached hydrogen (secondary N) is 1. The van der Waals surface area contributed by atoms with Crippen LogP contribution < -0.4 is 11.1 Å². The summed E-state index contributed by atoms with van der Waals surface area (Å²) in [6, 6.07) is 0.0648. The van der Waals surface area contributed by atoms with Crippen LogP contribution in [0.4, 0.5) is 5.13 Å². The molecule has 1 heterocycles. The number of aromatic nitrogens is 1. The van der Waals surface area contributed by atoms with Crippen LogP contribution in [0.15, 0.2) is 0 Å². The molecule has 1 aromatic rings. The van der Waals surface area contributed by atoms with Crippen LogP contribution in [0.2, 0.25) is 0 Å². The minimum absolute atomic E-state index is 0. The van der Waals surface area contributed by atoms with E-state index in [-0.39, 0.29) is 24.4 Å².